The van der Waals surface area contributed by atoms with Crippen LogP contribution in [0.5, 0.6) is 0 Å². The maximum atomic E-state index is 12.4. The fourth-order valence-corrected chi connectivity index (χ4v) is 3.82. The van der Waals surface area contributed by atoms with Crippen molar-refractivity contribution in [2.75, 3.05) is 24.7 Å². The summed E-state index contributed by atoms with van der Waals surface area (Å²) in [5.41, 5.74) is 1.72. The summed E-state index contributed by atoms with van der Waals surface area (Å²) in [5.74, 6) is -0.203. The molecule has 0 atom stereocenters. The summed E-state index contributed by atoms with van der Waals surface area (Å²) in [4.78, 5) is 12.4. The Morgan fingerprint density at radius 3 is 2.42 bits per heavy atom. The molecule has 0 bridgehead atoms. The smallest absolute Gasteiger partial charge is 0.227 e. The zero-order chi connectivity index (χ0) is 17.2. The Kier molecular flexibility index (Phi) is 4.73. The number of benzene rings is 1. The molecule has 0 saturated carbocycles. The Morgan fingerprint density at radius 2 is 1.79 bits per heavy atom. The van der Waals surface area contributed by atoms with Crippen molar-refractivity contribution in [3.63, 3.8) is 0 Å². The second-order valence-electron chi connectivity index (χ2n) is 6.07. The molecule has 0 spiro atoms. The Bertz CT molecular complexity index is 807. The van der Waals surface area contributed by atoms with Crippen molar-refractivity contribution in [3.05, 3.63) is 48.8 Å². The molecule has 2 aromatic rings. The number of piperidine rings is 1. The van der Waals surface area contributed by atoms with E-state index in [1.54, 1.807) is 0 Å². The first-order valence-electron chi connectivity index (χ1n) is 7.93. The Hall–Kier alpha value is -2.12. The van der Waals surface area contributed by atoms with Crippen LogP contribution in [0.15, 0.2) is 48.8 Å². The lowest BCUT2D eigenvalue weighted by atomic mass is 9.97. The van der Waals surface area contributed by atoms with Crippen LogP contribution < -0.4 is 5.32 Å². The molecule has 0 unspecified atom stereocenters. The van der Waals surface area contributed by atoms with Crippen molar-refractivity contribution in [3.8, 4) is 5.69 Å². The molecule has 1 saturated heterocycles. The predicted molar refractivity (Wildman–Crippen MR) is 93.5 cm³/mol. The van der Waals surface area contributed by atoms with Gasteiger partial charge in [0.25, 0.3) is 0 Å². The number of rotatable bonds is 4. The molecule has 0 radical (unpaired) electrons. The molecule has 1 fully saturated rings. The molecule has 1 N–H and O–H groups in total. The van der Waals surface area contributed by atoms with Crippen LogP contribution in [0.4, 0.5) is 5.69 Å². The fraction of sp³-hybridized carbons (Fsp3) is 0.353. The van der Waals surface area contributed by atoms with E-state index in [2.05, 4.69) is 5.32 Å². The van der Waals surface area contributed by atoms with E-state index < -0.39 is 10.0 Å². The highest BCUT2D eigenvalue weighted by atomic mass is 32.2. The number of sulfonamides is 1. The lowest BCUT2D eigenvalue weighted by Gasteiger charge is -2.29. The Morgan fingerprint density at radius 1 is 1.12 bits per heavy atom. The average molecular weight is 347 g/mol. The number of aromatic nitrogens is 1. The van der Waals surface area contributed by atoms with Gasteiger partial charge in [-0.2, -0.15) is 0 Å². The first kappa shape index (κ1) is 16.7. The molecule has 2 heterocycles. The third kappa shape index (κ3) is 3.85. The largest absolute Gasteiger partial charge is 0.326 e. The van der Waals surface area contributed by atoms with Gasteiger partial charge in [-0.15, -0.1) is 0 Å². The fourth-order valence-electron chi connectivity index (χ4n) is 2.94. The minimum Gasteiger partial charge on any atom is -0.326 e. The minimum atomic E-state index is -3.17. The highest BCUT2D eigenvalue weighted by Gasteiger charge is 2.28. The summed E-state index contributed by atoms with van der Waals surface area (Å²) >= 11 is 0. The van der Waals surface area contributed by atoms with E-state index in [0.717, 1.165) is 11.4 Å². The average Bonchev–Trinajstić information content (AvgIpc) is 3.09. The van der Waals surface area contributed by atoms with E-state index in [4.69, 9.17) is 0 Å². The zero-order valence-corrected chi connectivity index (χ0v) is 14.4. The van der Waals surface area contributed by atoms with Gasteiger partial charge in [-0.05, 0) is 43.2 Å². The van der Waals surface area contributed by atoms with E-state index in [1.807, 2.05) is 53.4 Å². The topological polar surface area (TPSA) is 71.4 Å². The molecule has 24 heavy (non-hydrogen) atoms. The summed E-state index contributed by atoms with van der Waals surface area (Å²) in [7, 11) is -3.17. The van der Waals surface area contributed by atoms with Crippen LogP contribution in [0.25, 0.3) is 5.69 Å². The van der Waals surface area contributed by atoms with E-state index in [-0.39, 0.29) is 11.8 Å². The highest BCUT2D eigenvalue weighted by Crippen LogP contribution is 2.22. The molecular formula is C17H21N3O3S. The first-order chi connectivity index (χ1) is 11.4. The molecule has 128 valence electrons. The number of anilines is 1. The molecule has 0 aliphatic carbocycles. The summed E-state index contributed by atoms with van der Waals surface area (Å²) in [5, 5.41) is 2.95. The summed E-state index contributed by atoms with van der Waals surface area (Å²) in [6.07, 6.45) is 6.20. The van der Waals surface area contributed by atoms with Gasteiger partial charge in [0.05, 0.1) is 6.26 Å². The number of hydrogen-bond acceptors (Lipinski definition) is 3. The van der Waals surface area contributed by atoms with Gasteiger partial charge in [-0.1, -0.05) is 6.07 Å². The minimum absolute atomic E-state index is 0.0483. The van der Waals surface area contributed by atoms with Crippen molar-refractivity contribution in [1.29, 1.82) is 0 Å². The lowest BCUT2D eigenvalue weighted by molar-refractivity contribution is -0.120. The standard InChI is InChI=1S/C17H21N3O3S/c1-24(22,23)20-11-7-14(8-12-20)17(21)18-15-5-4-6-16(13-15)19-9-2-3-10-19/h2-6,9-10,13-14H,7-8,11-12H2,1H3,(H,18,21). The van der Waals surface area contributed by atoms with Crippen molar-refractivity contribution in [2.45, 2.75) is 12.8 Å². The van der Waals surface area contributed by atoms with Crippen molar-refractivity contribution < 1.29 is 13.2 Å². The number of carbonyl (C=O) groups is 1. The number of nitrogens with zero attached hydrogens (tertiary/aromatic N) is 2. The molecule has 7 heteroatoms. The molecule has 1 aromatic heterocycles. The van der Waals surface area contributed by atoms with Crippen molar-refractivity contribution in [2.24, 2.45) is 5.92 Å². The summed E-state index contributed by atoms with van der Waals surface area (Å²) in [6.45, 7) is 0.806. The van der Waals surface area contributed by atoms with Crippen LogP contribution in [0.1, 0.15) is 12.8 Å². The summed E-state index contributed by atoms with van der Waals surface area (Å²) in [6, 6.07) is 11.5. The van der Waals surface area contributed by atoms with Gasteiger partial charge in [0.2, 0.25) is 15.9 Å². The van der Waals surface area contributed by atoms with Gasteiger partial charge in [0.1, 0.15) is 0 Å². The maximum absolute atomic E-state index is 12.4. The first-order valence-corrected chi connectivity index (χ1v) is 9.78. The van der Waals surface area contributed by atoms with Crippen LogP contribution in [0.2, 0.25) is 0 Å². The van der Waals surface area contributed by atoms with Crippen molar-refractivity contribution >= 4 is 21.6 Å². The summed E-state index contributed by atoms with van der Waals surface area (Å²) < 4.78 is 26.5. The number of hydrogen-bond donors (Lipinski definition) is 1. The molecular weight excluding hydrogens is 326 g/mol. The zero-order valence-electron chi connectivity index (χ0n) is 13.6. The molecule has 6 nitrogen and oxygen atoms in total. The van der Waals surface area contributed by atoms with Gasteiger partial charge in [0, 0.05) is 42.8 Å². The monoisotopic (exact) mass is 347 g/mol. The van der Waals surface area contributed by atoms with Crippen LogP contribution in [-0.2, 0) is 14.8 Å². The maximum Gasteiger partial charge on any atom is 0.227 e. The molecule has 1 amide bonds. The van der Waals surface area contributed by atoms with E-state index in [0.29, 0.717) is 25.9 Å². The van der Waals surface area contributed by atoms with Crippen LogP contribution in [0, 0.1) is 5.92 Å². The quantitative estimate of drug-likeness (QED) is 0.920. The van der Waals surface area contributed by atoms with Gasteiger partial charge >= 0.3 is 0 Å². The number of amides is 1. The molecule has 1 aliphatic rings. The van der Waals surface area contributed by atoms with E-state index >= 15 is 0 Å². The van der Waals surface area contributed by atoms with Crippen molar-refractivity contribution in [1.82, 2.24) is 8.87 Å². The predicted octanol–water partition coefficient (Wildman–Crippen LogP) is 2.09. The normalized spacial score (nSPS) is 16.9. The van der Waals surface area contributed by atoms with Crippen LogP contribution in [-0.4, -0.2) is 42.5 Å². The SMILES string of the molecule is CS(=O)(=O)N1CCC(C(=O)Nc2cccc(-n3cccc3)c2)CC1. The highest BCUT2D eigenvalue weighted by molar-refractivity contribution is 7.88. The molecule has 3 rings (SSSR count). The van der Waals surface area contributed by atoms with Gasteiger partial charge in [-0.3, -0.25) is 4.79 Å². The Labute approximate surface area is 142 Å². The second kappa shape index (κ2) is 6.78. The third-order valence-corrected chi connectivity index (χ3v) is 5.61. The number of carbonyl (C=O) groups excluding carboxylic acids is 1. The van der Waals surface area contributed by atoms with Gasteiger partial charge in [0.15, 0.2) is 0 Å². The molecule has 1 aromatic carbocycles. The molecule has 1 aliphatic heterocycles. The van der Waals surface area contributed by atoms with Gasteiger partial charge in [-0.25, -0.2) is 12.7 Å². The van der Waals surface area contributed by atoms with E-state index in [9.17, 15) is 13.2 Å². The van der Waals surface area contributed by atoms with Crippen LogP contribution >= 0.6 is 0 Å². The lowest BCUT2D eigenvalue weighted by Crippen LogP contribution is -2.40. The van der Waals surface area contributed by atoms with E-state index in [1.165, 1.54) is 10.6 Å². The number of nitrogens with one attached hydrogen (secondary N) is 1. The van der Waals surface area contributed by atoms with Gasteiger partial charge < -0.3 is 9.88 Å². The Balaban J connectivity index is 1.63. The second-order valence-corrected chi connectivity index (χ2v) is 8.05. The third-order valence-electron chi connectivity index (χ3n) is 4.31. The van der Waals surface area contributed by atoms with Crippen LogP contribution in [0.3, 0.4) is 0 Å².